The molecule has 1 rings (SSSR count). The van der Waals surface area contributed by atoms with Crippen LogP contribution in [0.1, 0.15) is 26.2 Å². The van der Waals surface area contributed by atoms with Crippen molar-refractivity contribution in [3.8, 4) is 0 Å². The quantitative estimate of drug-likeness (QED) is 0.559. The molecule has 4 N–H and O–H groups in total. The Labute approximate surface area is 112 Å². The molecule has 0 bridgehead atoms. The minimum absolute atomic E-state index is 0.0128. The van der Waals surface area contributed by atoms with Gasteiger partial charge in [-0.1, -0.05) is 0 Å². The molecule has 0 aromatic rings. The van der Waals surface area contributed by atoms with Gasteiger partial charge in [-0.05, 0) is 25.8 Å². The molecule has 1 saturated heterocycles. The molecule has 1 heterocycles. The van der Waals surface area contributed by atoms with Crippen molar-refractivity contribution in [1.29, 1.82) is 0 Å². The third kappa shape index (κ3) is 4.20. The highest BCUT2D eigenvalue weighted by molar-refractivity contribution is 5.86. The number of nitrogens with zero attached hydrogens (tertiary/aromatic N) is 1. The Morgan fingerprint density at radius 1 is 1.58 bits per heavy atom. The van der Waals surface area contributed by atoms with Crippen molar-refractivity contribution in [1.82, 2.24) is 10.2 Å². The van der Waals surface area contributed by atoms with E-state index >= 15 is 0 Å². The SMILES string of the molecule is CCNC(=O)CC[C@@H](C(=O)O)N1CC(CN)CC1=O. The van der Waals surface area contributed by atoms with Crippen molar-refractivity contribution in [3.05, 3.63) is 0 Å². The van der Waals surface area contributed by atoms with Gasteiger partial charge >= 0.3 is 5.97 Å². The Morgan fingerprint density at radius 3 is 2.74 bits per heavy atom. The van der Waals surface area contributed by atoms with Gasteiger partial charge in [0.1, 0.15) is 6.04 Å². The summed E-state index contributed by atoms with van der Waals surface area (Å²) in [5.74, 6) is -1.45. The van der Waals surface area contributed by atoms with E-state index in [1.807, 2.05) is 0 Å². The van der Waals surface area contributed by atoms with Crippen LogP contribution < -0.4 is 11.1 Å². The first-order valence-electron chi connectivity index (χ1n) is 6.48. The highest BCUT2D eigenvalue weighted by Crippen LogP contribution is 2.21. The third-order valence-corrected chi connectivity index (χ3v) is 3.25. The molecule has 108 valence electrons. The van der Waals surface area contributed by atoms with E-state index in [1.165, 1.54) is 4.90 Å². The third-order valence-electron chi connectivity index (χ3n) is 3.25. The monoisotopic (exact) mass is 271 g/mol. The summed E-state index contributed by atoms with van der Waals surface area (Å²) in [6.07, 6.45) is 0.521. The molecule has 0 spiro atoms. The van der Waals surface area contributed by atoms with Gasteiger partial charge in [0.15, 0.2) is 0 Å². The lowest BCUT2D eigenvalue weighted by atomic mass is 10.1. The molecule has 7 heteroatoms. The average molecular weight is 271 g/mol. The van der Waals surface area contributed by atoms with Crippen molar-refractivity contribution < 1.29 is 19.5 Å². The molecule has 0 radical (unpaired) electrons. The molecule has 1 aliphatic heterocycles. The topological polar surface area (TPSA) is 113 Å². The smallest absolute Gasteiger partial charge is 0.326 e. The van der Waals surface area contributed by atoms with Crippen LogP contribution in [0.4, 0.5) is 0 Å². The molecular formula is C12H21N3O4. The van der Waals surface area contributed by atoms with E-state index in [0.717, 1.165) is 0 Å². The van der Waals surface area contributed by atoms with Crippen LogP contribution in [0.25, 0.3) is 0 Å². The second-order valence-electron chi connectivity index (χ2n) is 4.70. The van der Waals surface area contributed by atoms with Crippen LogP contribution in [0.3, 0.4) is 0 Å². The lowest BCUT2D eigenvalue weighted by molar-refractivity contribution is -0.148. The van der Waals surface area contributed by atoms with Gasteiger partial charge in [-0.25, -0.2) is 4.79 Å². The fourth-order valence-corrected chi connectivity index (χ4v) is 2.23. The fraction of sp³-hybridized carbons (Fsp3) is 0.750. The number of amides is 2. The van der Waals surface area contributed by atoms with Crippen molar-refractivity contribution in [3.63, 3.8) is 0 Å². The van der Waals surface area contributed by atoms with E-state index in [4.69, 9.17) is 5.73 Å². The van der Waals surface area contributed by atoms with E-state index in [1.54, 1.807) is 6.92 Å². The normalized spacial score (nSPS) is 20.4. The fourth-order valence-electron chi connectivity index (χ4n) is 2.23. The van der Waals surface area contributed by atoms with E-state index in [2.05, 4.69) is 5.32 Å². The minimum Gasteiger partial charge on any atom is -0.480 e. The maximum atomic E-state index is 11.8. The first-order chi connectivity index (χ1) is 8.99. The van der Waals surface area contributed by atoms with E-state index in [-0.39, 0.29) is 30.6 Å². The molecule has 7 nitrogen and oxygen atoms in total. The molecule has 0 saturated carbocycles. The largest absolute Gasteiger partial charge is 0.480 e. The Hall–Kier alpha value is -1.63. The number of carboxylic acids is 1. The van der Waals surface area contributed by atoms with Crippen LogP contribution in [0, 0.1) is 5.92 Å². The Morgan fingerprint density at radius 2 is 2.26 bits per heavy atom. The maximum Gasteiger partial charge on any atom is 0.326 e. The molecule has 19 heavy (non-hydrogen) atoms. The average Bonchev–Trinajstić information content (AvgIpc) is 2.71. The lowest BCUT2D eigenvalue weighted by Gasteiger charge is -2.24. The lowest BCUT2D eigenvalue weighted by Crippen LogP contribution is -2.43. The number of nitrogens with two attached hydrogens (primary N) is 1. The van der Waals surface area contributed by atoms with E-state index in [0.29, 0.717) is 26.1 Å². The zero-order valence-electron chi connectivity index (χ0n) is 11.1. The van der Waals surface area contributed by atoms with Crippen molar-refractivity contribution in [2.75, 3.05) is 19.6 Å². The van der Waals surface area contributed by atoms with E-state index in [9.17, 15) is 19.5 Å². The standard InChI is InChI=1S/C12H21N3O4/c1-2-14-10(16)4-3-9(12(18)19)15-7-8(6-13)5-11(15)17/h8-9H,2-7,13H2,1H3,(H,14,16)(H,18,19)/t8?,9-/m0/s1. The number of likely N-dealkylation sites (tertiary alicyclic amines) is 1. The van der Waals surface area contributed by atoms with Crippen LogP contribution >= 0.6 is 0 Å². The summed E-state index contributed by atoms with van der Waals surface area (Å²) < 4.78 is 0. The first kappa shape index (κ1) is 15.4. The molecule has 0 aromatic carbocycles. The first-order valence-corrected chi connectivity index (χ1v) is 6.48. The second-order valence-corrected chi connectivity index (χ2v) is 4.70. The Balaban J connectivity index is 2.60. The Bertz CT molecular complexity index is 359. The number of rotatable bonds is 7. The number of hydrogen-bond donors (Lipinski definition) is 3. The van der Waals surface area contributed by atoms with Crippen LogP contribution in [0.5, 0.6) is 0 Å². The molecule has 1 unspecified atom stereocenters. The summed E-state index contributed by atoms with van der Waals surface area (Å²) in [6, 6.07) is -0.938. The molecule has 1 fully saturated rings. The van der Waals surface area contributed by atoms with Gasteiger partial charge in [0.25, 0.3) is 0 Å². The maximum absolute atomic E-state index is 11.8. The molecule has 1 aliphatic rings. The number of carboxylic acid groups (broad SMARTS) is 1. The Kier molecular flexibility index (Phi) is 5.75. The van der Waals surface area contributed by atoms with Crippen molar-refractivity contribution >= 4 is 17.8 Å². The number of hydrogen-bond acceptors (Lipinski definition) is 4. The molecule has 0 aromatic heterocycles. The van der Waals surface area contributed by atoms with Gasteiger partial charge in [-0.2, -0.15) is 0 Å². The van der Waals surface area contributed by atoms with E-state index < -0.39 is 12.0 Å². The van der Waals surface area contributed by atoms with Crippen LogP contribution in [0.15, 0.2) is 0 Å². The van der Waals surface area contributed by atoms with Crippen LogP contribution in [-0.4, -0.2) is 53.5 Å². The molecule has 2 amide bonds. The van der Waals surface area contributed by atoms with Gasteiger partial charge < -0.3 is 21.1 Å². The summed E-state index contributed by atoms with van der Waals surface area (Å²) >= 11 is 0. The summed E-state index contributed by atoms with van der Waals surface area (Å²) in [7, 11) is 0. The zero-order valence-corrected chi connectivity index (χ0v) is 11.1. The van der Waals surface area contributed by atoms with Crippen molar-refractivity contribution in [2.45, 2.75) is 32.2 Å². The van der Waals surface area contributed by atoms with Gasteiger partial charge in [-0.3, -0.25) is 9.59 Å². The van der Waals surface area contributed by atoms with Crippen LogP contribution in [-0.2, 0) is 14.4 Å². The summed E-state index contributed by atoms with van der Waals surface area (Å²) in [5, 5.41) is 11.8. The molecule has 2 atom stereocenters. The predicted octanol–water partition coefficient (Wildman–Crippen LogP) is -0.837. The second kappa shape index (κ2) is 7.08. The highest BCUT2D eigenvalue weighted by atomic mass is 16.4. The van der Waals surface area contributed by atoms with Gasteiger partial charge in [0, 0.05) is 25.9 Å². The summed E-state index contributed by atoms with van der Waals surface area (Å²) in [5.41, 5.74) is 5.51. The van der Waals surface area contributed by atoms with Gasteiger partial charge in [0.2, 0.25) is 11.8 Å². The van der Waals surface area contributed by atoms with Gasteiger partial charge in [-0.15, -0.1) is 0 Å². The highest BCUT2D eigenvalue weighted by Gasteiger charge is 2.37. The molecular weight excluding hydrogens is 250 g/mol. The van der Waals surface area contributed by atoms with Crippen LogP contribution in [0.2, 0.25) is 0 Å². The number of carbonyl (C=O) groups excluding carboxylic acids is 2. The zero-order chi connectivity index (χ0) is 14.4. The summed E-state index contributed by atoms with van der Waals surface area (Å²) in [4.78, 5) is 35.7. The van der Waals surface area contributed by atoms with Crippen molar-refractivity contribution in [2.24, 2.45) is 11.7 Å². The number of carbonyl (C=O) groups is 3. The van der Waals surface area contributed by atoms with Gasteiger partial charge in [0.05, 0.1) is 0 Å². The minimum atomic E-state index is -1.07. The summed E-state index contributed by atoms with van der Waals surface area (Å²) in [6.45, 7) is 3.03. The predicted molar refractivity (Wildman–Crippen MR) is 68.2 cm³/mol. The number of aliphatic carboxylic acids is 1. The number of nitrogens with one attached hydrogen (secondary N) is 1. The molecule has 0 aliphatic carbocycles.